The first-order valence-electron chi connectivity index (χ1n) is 4.27. The summed E-state index contributed by atoms with van der Waals surface area (Å²) in [7, 11) is 0. The Hall–Kier alpha value is -1.76. The van der Waals surface area contributed by atoms with E-state index in [4.69, 9.17) is 5.11 Å². The molecule has 0 saturated heterocycles. The third kappa shape index (κ3) is 2.18. The fraction of sp³-hybridized carbons (Fsp3) is 0.250. The van der Waals surface area contributed by atoms with E-state index in [1.54, 1.807) is 5.51 Å². The van der Waals surface area contributed by atoms with Crippen LogP contribution in [0.2, 0.25) is 0 Å². The zero-order valence-electron chi connectivity index (χ0n) is 7.67. The molecule has 0 amide bonds. The van der Waals surface area contributed by atoms with Gasteiger partial charge in [-0.15, -0.1) is 11.3 Å². The summed E-state index contributed by atoms with van der Waals surface area (Å²) >= 11 is 1.42. The van der Waals surface area contributed by atoms with Gasteiger partial charge >= 0.3 is 5.97 Å². The van der Waals surface area contributed by atoms with E-state index in [2.05, 4.69) is 20.3 Å². The first-order chi connectivity index (χ1) is 7.27. The van der Waals surface area contributed by atoms with E-state index in [1.165, 1.54) is 17.7 Å². The van der Waals surface area contributed by atoms with Crippen molar-refractivity contribution in [2.24, 2.45) is 0 Å². The average molecular weight is 224 g/mol. The summed E-state index contributed by atoms with van der Waals surface area (Å²) in [6, 6.07) is 0. The van der Waals surface area contributed by atoms with Crippen LogP contribution in [-0.2, 0) is 4.79 Å². The molecule has 15 heavy (non-hydrogen) atoms. The SMILES string of the molecule is O=C(O)CCNc1ncnc2scnc12. The van der Waals surface area contributed by atoms with Crippen molar-refractivity contribution < 1.29 is 9.90 Å². The summed E-state index contributed by atoms with van der Waals surface area (Å²) in [6.07, 6.45) is 1.49. The number of anilines is 1. The Morgan fingerprint density at radius 3 is 3.13 bits per heavy atom. The Labute approximate surface area is 89.0 Å². The van der Waals surface area contributed by atoms with Gasteiger partial charge in [0.15, 0.2) is 5.82 Å². The van der Waals surface area contributed by atoms with Crippen LogP contribution in [0.5, 0.6) is 0 Å². The lowest BCUT2D eigenvalue weighted by atomic mass is 10.4. The molecule has 0 atom stereocenters. The Balaban J connectivity index is 2.13. The summed E-state index contributed by atoms with van der Waals surface area (Å²) in [5.74, 6) is -0.256. The third-order valence-corrected chi connectivity index (χ3v) is 2.50. The van der Waals surface area contributed by atoms with Gasteiger partial charge in [-0.2, -0.15) is 0 Å². The molecule has 0 aliphatic rings. The lowest BCUT2D eigenvalue weighted by Crippen LogP contribution is -2.08. The van der Waals surface area contributed by atoms with Crippen LogP contribution < -0.4 is 5.32 Å². The molecule has 2 rings (SSSR count). The van der Waals surface area contributed by atoms with E-state index in [9.17, 15) is 4.79 Å². The molecule has 0 aromatic carbocycles. The van der Waals surface area contributed by atoms with E-state index in [-0.39, 0.29) is 6.42 Å². The number of nitrogens with zero attached hydrogens (tertiary/aromatic N) is 3. The maximum Gasteiger partial charge on any atom is 0.305 e. The molecule has 2 N–H and O–H groups in total. The fourth-order valence-corrected chi connectivity index (χ4v) is 1.74. The molecule has 0 spiro atoms. The van der Waals surface area contributed by atoms with Crippen molar-refractivity contribution in [3.63, 3.8) is 0 Å². The molecule has 0 aliphatic carbocycles. The number of carboxylic acids is 1. The smallest absolute Gasteiger partial charge is 0.305 e. The first-order valence-corrected chi connectivity index (χ1v) is 5.15. The van der Waals surface area contributed by atoms with Crippen molar-refractivity contribution in [2.75, 3.05) is 11.9 Å². The highest BCUT2D eigenvalue weighted by atomic mass is 32.1. The molecule has 2 heterocycles. The maximum atomic E-state index is 10.3. The second kappa shape index (κ2) is 4.18. The first kappa shape index (κ1) is 9.78. The van der Waals surface area contributed by atoms with Gasteiger partial charge in [0.2, 0.25) is 0 Å². The molecule has 2 aromatic rings. The molecule has 0 radical (unpaired) electrons. The van der Waals surface area contributed by atoms with Gasteiger partial charge in [-0.3, -0.25) is 4.79 Å². The largest absolute Gasteiger partial charge is 0.481 e. The fourth-order valence-electron chi connectivity index (χ4n) is 1.11. The number of hydrogen-bond donors (Lipinski definition) is 2. The Morgan fingerprint density at radius 1 is 1.47 bits per heavy atom. The Kier molecular flexibility index (Phi) is 2.72. The Bertz CT molecular complexity index is 484. The van der Waals surface area contributed by atoms with Gasteiger partial charge in [-0.25, -0.2) is 15.0 Å². The second-order valence-corrected chi connectivity index (χ2v) is 3.63. The van der Waals surface area contributed by atoms with E-state index < -0.39 is 5.97 Å². The molecule has 0 aliphatic heterocycles. The van der Waals surface area contributed by atoms with Crippen LogP contribution in [0.4, 0.5) is 5.82 Å². The van der Waals surface area contributed by atoms with Gasteiger partial charge in [0.1, 0.15) is 16.7 Å². The zero-order valence-corrected chi connectivity index (χ0v) is 8.49. The van der Waals surface area contributed by atoms with Crippen molar-refractivity contribution in [1.82, 2.24) is 15.0 Å². The van der Waals surface area contributed by atoms with Crippen LogP contribution in [0.15, 0.2) is 11.8 Å². The van der Waals surface area contributed by atoms with Gasteiger partial charge in [-0.1, -0.05) is 0 Å². The highest BCUT2D eigenvalue weighted by Gasteiger charge is 2.05. The molecule has 6 nitrogen and oxygen atoms in total. The summed E-state index contributed by atoms with van der Waals surface area (Å²) < 4.78 is 0. The van der Waals surface area contributed by atoms with E-state index in [0.29, 0.717) is 17.9 Å². The number of hydrogen-bond acceptors (Lipinski definition) is 6. The normalized spacial score (nSPS) is 10.4. The van der Waals surface area contributed by atoms with E-state index in [0.717, 1.165) is 4.83 Å². The molecule has 7 heteroatoms. The van der Waals surface area contributed by atoms with Crippen molar-refractivity contribution >= 4 is 33.5 Å². The number of aromatic nitrogens is 3. The monoisotopic (exact) mass is 224 g/mol. The summed E-state index contributed by atoms with van der Waals surface area (Å²) in [5.41, 5.74) is 2.37. The molecular formula is C8H8N4O2S. The number of carboxylic acid groups (broad SMARTS) is 1. The third-order valence-electron chi connectivity index (χ3n) is 1.77. The molecule has 78 valence electrons. The number of fused-ring (bicyclic) bond motifs is 1. The van der Waals surface area contributed by atoms with Crippen molar-refractivity contribution in [2.45, 2.75) is 6.42 Å². The zero-order chi connectivity index (χ0) is 10.7. The molecule has 0 fully saturated rings. The minimum absolute atomic E-state index is 0.0512. The lowest BCUT2D eigenvalue weighted by Gasteiger charge is -2.02. The van der Waals surface area contributed by atoms with Crippen LogP contribution in [0, 0.1) is 0 Å². The molecule has 0 unspecified atom stereocenters. The minimum Gasteiger partial charge on any atom is -0.481 e. The van der Waals surface area contributed by atoms with E-state index >= 15 is 0 Å². The molecule has 0 bridgehead atoms. The van der Waals surface area contributed by atoms with Crippen molar-refractivity contribution in [3.05, 3.63) is 11.8 Å². The average Bonchev–Trinajstić information content (AvgIpc) is 2.65. The van der Waals surface area contributed by atoms with Crippen LogP contribution in [0.3, 0.4) is 0 Å². The van der Waals surface area contributed by atoms with Crippen molar-refractivity contribution in [3.8, 4) is 0 Å². The standard InChI is InChI=1S/C8H8N4O2S/c13-5(14)1-2-9-7-6-8(11-3-10-7)15-4-12-6/h3-4H,1-2H2,(H,13,14)(H,9,10,11). The molecule has 0 saturated carbocycles. The number of aliphatic carboxylic acids is 1. The predicted molar refractivity (Wildman–Crippen MR) is 56.0 cm³/mol. The van der Waals surface area contributed by atoms with E-state index in [1.807, 2.05) is 0 Å². The molecule has 2 aromatic heterocycles. The quantitative estimate of drug-likeness (QED) is 0.804. The van der Waals surface area contributed by atoms with Gasteiger partial charge in [-0.05, 0) is 0 Å². The number of carbonyl (C=O) groups is 1. The highest BCUT2D eigenvalue weighted by molar-refractivity contribution is 7.16. The van der Waals surface area contributed by atoms with Crippen LogP contribution in [-0.4, -0.2) is 32.6 Å². The van der Waals surface area contributed by atoms with Gasteiger partial charge < -0.3 is 10.4 Å². The molecular weight excluding hydrogens is 216 g/mol. The van der Waals surface area contributed by atoms with Gasteiger partial charge in [0, 0.05) is 6.54 Å². The Morgan fingerprint density at radius 2 is 2.33 bits per heavy atom. The summed E-state index contributed by atoms with van der Waals surface area (Å²) in [5, 5.41) is 11.4. The summed E-state index contributed by atoms with van der Waals surface area (Å²) in [6.45, 7) is 0.332. The number of rotatable bonds is 4. The summed E-state index contributed by atoms with van der Waals surface area (Å²) in [4.78, 5) is 23.2. The number of thiazole rings is 1. The van der Waals surface area contributed by atoms with Crippen LogP contribution in [0.1, 0.15) is 6.42 Å². The minimum atomic E-state index is -0.842. The predicted octanol–water partition coefficient (Wildman–Crippen LogP) is 0.973. The van der Waals surface area contributed by atoms with Gasteiger partial charge in [0.05, 0.1) is 11.9 Å². The maximum absolute atomic E-state index is 10.3. The topological polar surface area (TPSA) is 88.0 Å². The highest BCUT2D eigenvalue weighted by Crippen LogP contribution is 2.20. The van der Waals surface area contributed by atoms with Gasteiger partial charge in [0.25, 0.3) is 0 Å². The number of nitrogens with one attached hydrogen (secondary N) is 1. The van der Waals surface area contributed by atoms with Crippen LogP contribution >= 0.6 is 11.3 Å². The lowest BCUT2D eigenvalue weighted by molar-refractivity contribution is -0.136. The second-order valence-electron chi connectivity index (χ2n) is 2.80. The van der Waals surface area contributed by atoms with Crippen molar-refractivity contribution in [1.29, 1.82) is 0 Å². The van der Waals surface area contributed by atoms with Crippen LogP contribution in [0.25, 0.3) is 10.3 Å².